The molecule has 1 aromatic rings. The number of aliphatic imine (C=N–C) groups is 1. The van der Waals surface area contributed by atoms with Crippen molar-refractivity contribution in [3.05, 3.63) is 40.9 Å². The maximum atomic E-state index is 6.23. The third kappa shape index (κ3) is 4.67. The van der Waals surface area contributed by atoms with Gasteiger partial charge in [-0.25, -0.2) is 0 Å². The molecular weight excluding hydrogens is 286 g/mol. The first-order valence-corrected chi connectivity index (χ1v) is 7.55. The van der Waals surface area contributed by atoms with Gasteiger partial charge in [0.15, 0.2) is 5.96 Å². The van der Waals surface area contributed by atoms with Crippen LogP contribution in [-0.2, 0) is 6.42 Å². The quantitative estimate of drug-likeness (QED) is 0.499. The van der Waals surface area contributed by atoms with E-state index in [1.807, 2.05) is 18.2 Å². The van der Waals surface area contributed by atoms with E-state index in [1.54, 1.807) is 14.2 Å². The smallest absolute Gasteiger partial charge is 0.191 e. The zero-order chi connectivity index (χ0) is 15.1. The summed E-state index contributed by atoms with van der Waals surface area (Å²) in [5, 5.41) is 7.47. The summed E-state index contributed by atoms with van der Waals surface area (Å²) in [6.07, 6.45) is 7.35. The zero-order valence-corrected chi connectivity index (χ0v) is 13.3. The number of ether oxygens (including phenoxy) is 1. The maximum Gasteiger partial charge on any atom is 0.191 e. The molecule has 5 heteroatoms. The Morgan fingerprint density at radius 2 is 2.14 bits per heavy atom. The highest BCUT2D eigenvalue weighted by molar-refractivity contribution is 6.31. The van der Waals surface area contributed by atoms with Crippen molar-refractivity contribution in [2.75, 3.05) is 20.7 Å². The first-order valence-electron chi connectivity index (χ1n) is 7.17. The van der Waals surface area contributed by atoms with Crippen molar-refractivity contribution < 1.29 is 4.74 Å². The number of nitrogens with zero attached hydrogens (tertiary/aromatic N) is 1. The number of guanidine groups is 1. The standard InChI is InChI=1S/C16H22ClN3O/c1-18-16(20-13-5-3-4-6-13)19-10-9-12-7-8-14(21-2)11-15(12)17/h3-4,7-8,11,13H,5-6,9-10H2,1-2H3,(H2,18,19,20). The lowest BCUT2D eigenvalue weighted by molar-refractivity contribution is 0.414. The van der Waals surface area contributed by atoms with Crippen molar-refractivity contribution in [2.45, 2.75) is 25.3 Å². The fourth-order valence-electron chi connectivity index (χ4n) is 2.30. The van der Waals surface area contributed by atoms with Crippen LogP contribution in [-0.4, -0.2) is 32.7 Å². The molecule has 0 radical (unpaired) electrons. The highest BCUT2D eigenvalue weighted by Gasteiger charge is 2.11. The normalized spacial score (nSPS) is 15.3. The number of methoxy groups -OCH3 is 1. The second-order valence-corrected chi connectivity index (χ2v) is 5.40. The summed E-state index contributed by atoms with van der Waals surface area (Å²) in [6.45, 7) is 0.784. The Morgan fingerprint density at radius 1 is 1.38 bits per heavy atom. The Hall–Kier alpha value is -1.68. The molecule has 114 valence electrons. The molecule has 0 saturated heterocycles. The molecule has 0 aromatic heterocycles. The molecule has 0 bridgehead atoms. The maximum absolute atomic E-state index is 6.23. The van der Waals surface area contributed by atoms with E-state index in [9.17, 15) is 0 Å². The minimum Gasteiger partial charge on any atom is -0.497 e. The minimum atomic E-state index is 0.459. The van der Waals surface area contributed by atoms with E-state index >= 15 is 0 Å². The van der Waals surface area contributed by atoms with E-state index < -0.39 is 0 Å². The molecular formula is C16H22ClN3O. The van der Waals surface area contributed by atoms with Crippen molar-refractivity contribution in [2.24, 2.45) is 4.99 Å². The van der Waals surface area contributed by atoms with Gasteiger partial charge >= 0.3 is 0 Å². The van der Waals surface area contributed by atoms with E-state index in [2.05, 4.69) is 27.8 Å². The molecule has 0 unspecified atom stereocenters. The molecule has 0 heterocycles. The lowest BCUT2D eigenvalue weighted by atomic mass is 10.1. The minimum absolute atomic E-state index is 0.459. The third-order valence-corrected chi connectivity index (χ3v) is 3.87. The highest BCUT2D eigenvalue weighted by atomic mass is 35.5. The fraction of sp³-hybridized carbons (Fsp3) is 0.438. The average Bonchev–Trinajstić information content (AvgIpc) is 3.00. The molecule has 2 N–H and O–H groups in total. The summed E-state index contributed by atoms with van der Waals surface area (Å²) in [5.41, 5.74) is 1.10. The molecule has 0 spiro atoms. The van der Waals surface area contributed by atoms with Gasteiger partial charge < -0.3 is 15.4 Å². The Bertz CT molecular complexity index is 520. The van der Waals surface area contributed by atoms with Crippen molar-refractivity contribution in [1.29, 1.82) is 0 Å². The molecule has 2 rings (SSSR count). The first-order chi connectivity index (χ1) is 10.2. The van der Waals surface area contributed by atoms with Gasteiger partial charge in [-0.3, -0.25) is 4.99 Å². The molecule has 4 nitrogen and oxygen atoms in total. The summed E-state index contributed by atoms with van der Waals surface area (Å²) in [6, 6.07) is 6.23. The lowest BCUT2D eigenvalue weighted by Crippen LogP contribution is -2.43. The van der Waals surface area contributed by atoms with Crippen LogP contribution in [0.1, 0.15) is 18.4 Å². The molecule has 0 saturated carbocycles. The van der Waals surface area contributed by atoms with Crippen LogP contribution < -0.4 is 15.4 Å². The summed E-state index contributed by atoms with van der Waals surface area (Å²) < 4.78 is 5.15. The van der Waals surface area contributed by atoms with Gasteiger partial charge in [-0.1, -0.05) is 29.8 Å². The van der Waals surface area contributed by atoms with Crippen LogP contribution in [0.4, 0.5) is 0 Å². The van der Waals surface area contributed by atoms with Crippen LogP contribution in [0.2, 0.25) is 5.02 Å². The molecule has 21 heavy (non-hydrogen) atoms. The van der Waals surface area contributed by atoms with Crippen molar-refractivity contribution in [1.82, 2.24) is 10.6 Å². The monoisotopic (exact) mass is 307 g/mol. The second kappa shape index (κ2) is 7.93. The van der Waals surface area contributed by atoms with Crippen molar-refractivity contribution in [3.8, 4) is 5.75 Å². The number of rotatable bonds is 5. The summed E-state index contributed by atoms with van der Waals surface area (Å²) in [4.78, 5) is 4.25. The third-order valence-electron chi connectivity index (χ3n) is 3.52. The number of nitrogens with one attached hydrogen (secondary N) is 2. The Balaban J connectivity index is 1.79. The average molecular weight is 308 g/mol. The van der Waals surface area contributed by atoms with Gasteiger partial charge in [0.05, 0.1) is 7.11 Å². The molecule has 0 atom stereocenters. The van der Waals surface area contributed by atoms with Crippen LogP contribution in [0.15, 0.2) is 35.3 Å². The van der Waals surface area contributed by atoms with Gasteiger partial charge in [0.1, 0.15) is 5.75 Å². The van der Waals surface area contributed by atoms with Gasteiger partial charge in [-0.2, -0.15) is 0 Å². The SMILES string of the molecule is CN=C(NCCc1ccc(OC)cc1Cl)NC1CC=CC1. The van der Waals surface area contributed by atoms with Gasteiger partial charge in [-0.05, 0) is 37.0 Å². The Morgan fingerprint density at radius 3 is 2.76 bits per heavy atom. The van der Waals surface area contributed by atoms with Crippen LogP contribution in [0.25, 0.3) is 0 Å². The molecule has 0 fully saturated rings. The van der Waals surface area contributed by atoms with Crippen molar-refractivity contribution in [3.63, 3.8) is 0 Å². The van der Waals surface area contributed by atoms with Gasteiger partial charge in [-0.15, -0.1) is 0 Å². The topological polar surface area (TPSA) is 45.7 Å². The number of benzene rings is 1. The van der Waals surface area contributed by atoms with Crippen LogP contribution >= 0.6 is 11.6 Å². The van der Waals surface area contributed by atoms with Gasteiger partial charge in [0, 0.05) is 24.7 Å². The predicted octanol–water partition coefficient (Wildman–Crippen LogP) is 2.77. The summed E-state index contributed by atoms with van der Waals surface area (Å²) in [7, 11) is 3.43. The highest BCUT2D eigenvalue weighted by Crippen LogP contribution is 2.22. The fourth-order valence-corrected chi connectivity index (χ4v) is 2.56. The summed E-state index contributed by atoms with van der Waals surface area (Å²) >= 11 is 6.23. The van der Waals surface area contributed by atoms with Gasteiger partial charge in [0.25, 0.3) is 0 Å². The lowest BCUT2D eigenvalue weighted by Gasteiger charge is -2.17. The second-order valence-electron chi connectivity index (χ2n) is 4.99. The molecule has 0 aliphatic heterocycles. The molecule has 0 amide bonds. The number of halogens is 1. The Kier molecular flexibility index (Phi) is 5.93. The predicted molar refractivity (Wildman–Crippen MR) is 88.4 cm³/mol. The summed E-state index contributed by atoms with van der Waals surface area (Å²) in [5.74, 6) is 1.62. The van der Waals surface area contributed by atoms with E-state index in [1.165, 1.54) is 0 Å². The van der Waals surface area contributed by atoms with Crippen LogP contribution in [0.3, 0.4) is 0 Å². The van der Waals surface area contributed by atoms with Crippen LogP contribution in [0, 0.1) is 0 Å². The van der Waals surface area contributed by atoms with Gasteiger partial charge in [0.2, 0.25) is 0 Å². The Labute approximate surface area is 131 Å². The first kappa shape index (κ1) is 15.7. The number of hydrogen-bond acceptors (Lipinski definition) is 2. The van der Waals surface area contributed by atoms with E-state index in [0.29, 0.717) is 6.04 Å². The van der Waals surface area contributed by atoms with Crippen molar-refractivity contribution >= 4 is 17.6 Å². The van der Waals surface area contributed by atoms with E-state index in [-0.39, 0.29) is 0 Å². The van der Waals surface area contributed by atoms with Crippen LogP contribution in [0.5, 0.6) is 5.75 Å². The zero-order valence-electron chi connectivity index (χ0n) is 12.5. The van der Waals surface area contributed by atoms with E-state index in [4.69, 9.17) is 16.3 Å². The largest absolute Gasteiger partial charge is 0.497 e. The molecule has 1 aliphatic carbocycles. The number of hydrogen-bond donors (Lipinski definition) is 2. The van der Waals surface area contributed by atoms with E-state index in [0.717, 1.165) is 48.1 Å². The molecule has 1 aromatic carbocycles. The molecule has 1 aliphatic rings.